The van der Waals surface area contributed by atoms with Crippen molar-refractivity contribution in [2.24, 2.45) is 17.8 Å². The summed E-state index contributed by atoms with van der Waals surface area (Å²) in [5.41, 5.74) is -0.324. The minimum Gasteiger partial charge on any atom is -0.395 e. The fourth-order valence-corrected chi connectivity index (χ4v) is 5.83. The van der Waals surface area contributed by atoms with Crippen LogP contribution in [0.3, 0.4) is 0 Å². The van der Waals surface area contributed by atoms with E-state index in [0.717, 1.165) is 38.4 Å². The molecule has 1 saturated heterocycles. The molecule has 19 heavy (non-hydrogen) atoms. The fourth-order valence-electron chi connectivity index (χ4n) is 5.83. The van der Waals surface area contributed by atoms with E-state index in [1.54, 1.807) is 0 Å². The molecule has 0 aromatic carbocycles. The van der Waals surface area contributed by atoms with Crippen LogP contribution in [0.4, 0.5) is 0 Å². The van der Waals surface area contributed by atoms with Crippen LogP contribution in [0.2, 0.25) is 0 Å². The van der Waals surface area contributed by atoms with Crippen LogP contribution in [0.5, 0.6) is 0 Å². The van der Waals surface area contributed by atoms with Crippen LogP contribution in [0, 0.1) is 17.8 Å². The van der Waals surface area contributed by atoms with Gasteiger partial charge in [0.15, 0.2) is 0 Å². The number of likely N-dealkylation sites (N-methyl/N-ethyl adjacent to an activating group) is 1. The second-order valence-electron chi connectivity index (χ2n) is 7.69. The molecular formula is C15H26N2O2. The Morgan fingerprint density at radius 2 is 1.84 bits per heavy atom. The third-order valence-corrected chi connectivity index (χ3v) is 6.30. The van der Waals surface area contributed by atoms with Gasteiger partial charge in [0.25, 0.3) is 0 Å². The number of aliphatic hydroxyl groups is 2. The maximum absolute atomic E-state index is 10.6. The van der Waals surface area contributed by atoms with E-state index in [1.165, 1.54) is 12.8 Å². The van der Waals surface area contributed by atoms with Gasteiger partial charge in [0.2, 0.25) is 0 Å². The van der Waals surface area contributed by atoms with E-state index >= 15 is 0 Å². The molecule has 0 amide bonds. The van der Waals surface area contributed by atoms with Crippen molar-refractivity contribution in [1.29, 1.82) is 0 Å². The van der Waals surface area contributed by atoms with Gasteiger partial charge in [0.05, 0.1) is 18.9 Å². The van der Waals surface area contributed by atoms with Crippen LogP contribution in [-0.4, -0.2) is 64.6 Å². The van der Waals surface area contributed by atoms with Crippen LogP contribution >= 0.6 is 0 Å². The Morgan fingerprint density at radius 1 is 1.16 bits per heavy atom. The van der Waals surface area contributed by atoms with E-state index < -0.39 is 0 Å². The molecule has 108 valence electrons. The van der Waals surface area contributed by atoms with Crippen molar-refractivity contribution < 1.29 is 10.2 Å². The molecule has 5 rings (SSSR count). The summed E-state index contributed by atoms with van der Waals surface area (Å²) in [5, 5.41) is 20.1. The number of hydrogen-bond donors (Lipinski definition) is 2. The van der Waals surface area contributed by atoms with Gasteiger partial charge in [-0.1, -0.05) is 0 Å². The first-order valence-corrected chi connectivity index (χ1v) is 7.85. The number of aliphatic hydroxyl groups excluding tert-OH is 1. The average Bonchev–Trinajstić information content (AvgIpc) is 2.67. The Hall–Kier alpha value is -0.160. The Labute approximate surface area is 115 Å². The number of nitrogens with zero attached hydrogens (tertiary/aromatic N) is 2. The quantitative estimate of drug-likeness (QED) is 0.764. The van der Waals surface area contributed by atoms with E-state index in [1.807, 2.05) is 0 Å². The summed E-state index contributed by atoms with van der Waals surface area (Å²) < 4.78 is 0. The Balaban J connectivity index is 1.54. The zero-order chi connectivity index (χ0) is 13.2. The lowest BCUT2D eigenvalue weighted by Gasteiger charge is -2.59. The summed E-state index contributed by atoms with van der Waals surface area (Å²) in [5.74, 6) is 2.18. The van der Waals surface area contributed by atoms with Crippen LogP contribution in [0.1, 0.15) is 32.1 Å². The molecule has 4 aliphatic carbocycles. The Bertz CT molecular complexity index is 359. The predicted octanol–water partition coefficient (Wildman–Crippen LogP) is 0.492. The third kappa shape index (κ3) is 1.88. The van der Waals surface area contributed by atoms with Gasteiger partial charge in [-0.25, -0.2) is 0 Å². The van der Waals surface area contributed by atoms with Crippen molar-refractivity contribution in [1.82, 2.24) is 9.80 Å². The Morgan fingerprint density at radius 3 is 2.37 bits per heavy atom. The molecule has 1 heterocycles. The topological polar surface area (TPSA) is 46.9 Å². The monoisotopic (exact) mass is 266 g/mol. The van der Waals surface area contributed by atoms with Gasteiger partial charge < -0.3 is 10.2 Å². The average molecular weight is 266 g/mol. The summed E-state index contributed by atoms with van der Waals surface area (Å²) in [6.45, 7) is 2.27. The van der Waals surface area contributed by atoms with Crippen molar-refractivity contribution >= 4 is 0 Å². The standard InChI is InChI=1S/C15H26N2O2/c1-16-9-17(7-13(16)8-18)14-11-2-10-3-12(14)6-15(19,4-10)5-11/h10-14,18-19H,2-9H2,1H3. The predicted molar refractivity (Wildman–Crippen MR) is 72.5 cm³/mol. The minimum absolute atomic E-state index is 0.265. The summed E-state index contributed by atoms with van der Waals surface area (Å²) in [6.07, 6.45) is 5.76. The molecule has 4 heteroatoms. The van der Waals surface area contributed by atoms with Gasteiger partial charge in [0.1, 0.15) is 0 Å². The first-order chi connectivity index (χ1) is 9.08. The lowest BCUT2D eigenvalue weighted by atomic mass is 9.52. The van der Waals surface area contributed by atoms with E-state index in [-0.39, 0.29) is 12.2 Å². The Kier molecular flexibility index (Phi) is 2.76. The van der Waals surface area contributed by atoms with Crippen LogP contribution in [0.15, 0.2) is 0 Å². The second-order valence-corrected chi connectivity index (χ2v) is 7.69. The summed E-state index contributed by atoms with van der Waals surface area (Å²) in [7, 11) is 2.12. The molecule has 4 nitrogen and oxygen atoms in total. The molecule has 0 aromatic rings. The lowest BCUT2D eigenvalue weighted by molar-refractivity contribution is -0.158. The van der Waals surface area contributed by atoms with E-state index in [9.17, 15) is 10.2 Å². The third-order valence-electron chi connectivity index (χ3n) is 6.30. The number of rotatable bonds is 2. The van der Waals surface area contributed by atoms with Crippen molar-refractivity contribution in [3.63, 3.8) is 0 Å². The van der Waals surface area contributed by atoms with E-state index in [4.69, 9.17) is 0 Å². The maximum Gasteiger partial charge on any atom is 0.0657 e. The minimum atomic E-state index is -0.324. The van der Waals surface area contributed by atoms with E-state index in [2.05, 4.69) is 16.8 Å². The first-order valence-electron chi connectivity index (χ1n) is 7.85. The molecule has 0 spiro atoms. The van der Waals surface area contributed by atoms with E-state index in [0.29, 0.717) is 23.9 Å². The van der Waals surface area contributed by atoms with Gasteiger partial charge in [-0.05, 0) is 56.9 Å². The van der Waals surface area contributed by atoms with Crippen molar-refractivity contribution in [2.75, 3.05) is 26.9 Å². The van der Waals surface area contributed by atoms with Crippen molar-refractivity contribution in [3.05, 3.63) is 0 Å². The van der Waals surface area contributed by atoms with Crippen LogP contribution in [-0.2, 0) is 0 Å². The highest BCUT2D eigenvalue weighted by Crippen LogP contribution is 2.57. The van der Waals surface area contributed by atoms with Gasteiger partial charge in [-0.3, -0.25) is 9.80 Å². The fraction of sp³-hybridized carbons (Fsp3) is 1.00. The molecular weight excluding hydrogens is 240 g/mol. The molecule has 0 radical (unpaired) electrons. The molecule has 0 aromatic heterocycles. The van der Waals surface area contributed by atoms with Crippen LogP contribution < -0.4 is 0 Å². The SMILES string of the molecule is CN1CN(C2C3CC4CC2CC(O)(C4)C3)CC1CO. The first kappa shape index (κ1) is 12.6. The smallest absolute Gasteiger partial charge is 0.0657 e. The number of hydrogen-bond acceptors (Lipinski definition) is 4. The van der Waals surface area contributed by atoms with Crippen molar-refractivity contribution in [3.8, 4) is 0 Å². The highest BCUT2D eigenvalue weighted by atomic mass is 16.3. The van der Waals surface area contributed by atoms with Gasteiger partial charge in [-0.15, -0.1) is 0 Å². The largest absolute Gasteiger partial charge is 0.395 e. The highest BCUT2D eigenvalue weighted by Gasteiger charge is 2.56. The summed E-state index contributed by atoms with van der Waals surface area (Å²) in [6, 6.07) is 0.969. The highest BCUT2D eigenvalue weighted by molar-refractivity contribution is 5.09. The van der Waals surface area contributed by atoms with Crippen molar-refractivity contribution in [2.45, 2.75) is 49.8 Å². The summed E-state index contributed by atoms with van der Waals surface area (Å²) >= 11 is 0. The molecule has 2 N–H and O–H groups in total. The molecule has 1 aliphatic heterocycles. The second kappa shape index (κ2) is 4.17. The summed E-state index contributed by atoms with van der Waals surface area (Å²) in [4.78, 5) is 4.87. The molecule has 3 unspecified atom stereocenters. The molecule has 4 bridgehead atoms. The normalized spacial score (nSPS) is 54.2. The molecule has 3 atom stereocenters. The van der Waals surface area contributed by atoms with Gasteiger partial charge in [0, 0.05) is 18.6 Å². The van der Waals surface area contributed by atoms with Gasteiger partial charge in [-0.2, -0.15) is 0 Å². The van der Waals surface area contributed by atoms with Crippen LogP contribution in [0.25, 0.3) is 0 Å². The zero-order valence-corrected chi connectivity index (χ0v) is 11.8. The zero-order valence-electron chi connectivity index (χ0n) is 11.8. The molecule has 5 aliphatic rings. The maximum atomic E-state index is 10.6. The molecule has 5 fully saturated rings. The van der Waals surface area contributed by atoms with Gasteiger partial charge >= 0.3 is 0 Å². The lowest BCUT2D eigenvalue weighted by Crippen LogP contribution is -2.61. The molecule has 4 saturated carbocycles.